The molecule has 0 amide bonds. The van der Waals surface area contributed by atoms with Crippen molar-refractivity contribution in [2.45, 2.75) is 13.8 Å². The fraction of sp³-hybridized carbons (Fsp3) is 0.400. The van der Waals surface area contributed by atoms with Crippen LogP contribution < -0.4 is 11.2 Å². The Labute approximate surface area is 95.5 Å². The molecular formula is C10H16N4S. The van der Waals surface area contributed by atoms with Crippen molar-refractivity contribution in [3.8, 4) is 0 Å². The van der Waals surface area contributed by atoms with Crippen LogP contribution in [0.3, 0.4) is 0 Å². The van der Waals surface area contributed by atoms with Gasteiger partial charge < -0.3 is 11.2 Å². The summed E-state index contributed by atoms with van der Waals surface area (Å²) in [4.78, 5) is 4.70. The van der Waals surface area contributed by atoms with E-state index < -0.39 is 0 Å². The summed E-state index contributed by atoms with van der Waals surface area (Å²) in [5, 5.41) is 1.84. The average molecular weight is 224 g/mol. The fourth-order valence-electron chi connectivity index (χ4n) is 1.47. The molecule has 3 N–H and O–H groups in total. The van der Waals surface area contributed by atoms with Gasteiger partial charge in [0.15, 0.2) is 0 Å². The fourth-order valence-corrected chi connectivity index (χ4v) is 1.73. The van der Waals surface area contributed by atoms with Crippen molar-refractivity contribution in [3.05, 3.63) is 23.0 Å². The van der Waals surface area contributed by atoms with Gasteiger partial charge in [0.2, 0.25) is 0 Å². The van der Waals surface area contributed by atoms with E-state index in [2.05, 4.69) is 10.4 Å². The van der Waals surface area contributed by atoms with Gasteiger partial charge in [-0.25, -0.2) is 5.01 Å². The van der Waals surface area contributed by atoms with Crippen LogP contribution >= 0.6 is 12.2 Å². The molecule has 0 saturated heterocycles. The van der Waals surface area contributed by atoms with Gasteiger partial charge in [-0.05, 0) is 19.9 Å². The number of nitrogens with two attached hydrogens (primary N) is 1. The van der Waals surface area contributed by atoms with Gasteiger partial charge >= 0.3 is 0 Å². The summed E-state index contributed by atoms with van der Waals surface area (Å²) < 4.78 is 0. The quantitative estimate of drug-likeness (QED) is 0.597. The van der Waals surface area contributed by atoms with Crippen LogP contribution in [0.2, 0.25) is 0 Å². The molecule has 0 fully saturated rings. The van der Waals surface area contributed by atoms with E-state index in [1.807, 2.05) is 39.0 Å². The Bertz CT molecular complexity index is 387. The van der Waals surface area contributed by atoms with E-state index in [9.17, 15) is 0 Å². The Kier molecular flexibility index (Phi) is 3.60. The number of rotatable bonds is 3. The molecule has 0 aliphatic heterocycles. The second-order valence-electron chi connectivity index (χ2n) is 3.64. The highest BCUT2D eigenvalue weighted by molar-refractivity contribution is 7.80. The maximum atomic E-state index is 5.67. The summed E-state index contributed by atoms with van der Waals surface area (Å²) in [6.07, 6.45) is 0. The molecule has 0 bridgehead atoms. The molecule has 0 aliphatic rings. The Hall–Kier alpha value is -1.20. The lowest BCUT2D eigenvalue weighted by atomic mass is 10.1. The third-order valence-corrected chi connectivity index (χ3v) is 2.12. The highest BCUT2D eigenvalue weighted by Crippen LogP contribution is 2.19. The average Bonchev–Trinajstić information content (AvgIpc) is 1.99. The molecule has 1 aromatic heterocycles. The molecule has 0 spiro atoms. The number of thiocarbonyl (C=S) groups is 1. The SMILES string of the molecule is Cc1cc(NN(C)C)c(C(N)=S)c(C)n1. The number of aromatic nitrogens is 1. The summed E-state index contributed by atoms with van der Waals surface area (Å²) in [6.45, 7) is 3.85. The second-order valence-corrected chi connectivity index (χ2v) is 4.08. The third kappa shape index (κ3) is 2.87. The second kappa shape index (κ2) is 4.55. The van der Waals surface area contributed by atoms with Gasteiger partial charge in [-0.3, -0.25) is 4.98 Å². The molecular weight excluding hydrogens is 208 g/mol. The van der Waals surface area contributed by atoms with Gasteiger partial charge in [0, 0.05) is 25.5 Å². The van der Waals surface area contributed by atoms with E-state index in [4.69, 9.17) is 18.0 Å². The minimum absolute atomic E-state index is 0.365. The molecule has 0 unspecified atom stereocenters. The molecule has 1 heterocycles. The van der Waals surface area contributed by atoms with Crippen molar-refractivity contribution in [1.82, 2.24) is 9.99 Å². The van der Waals surface area contributed by atoms with E-state index in [-0.39, 0.29) is 0 Å². The highest BCUT2D eigenvalue weighted by Gasteiger charge is 2.11. The molecule has 0 aromatic carbocycles. The zero-order chi connectivity index (χ0) is 11.6. The Morgan fingerprint density at radius 2 is 2.07 bits per heavy atom. The summed E-state index contributed by atoms with van der Waals surface area (Å²) in [5.74, 6) is 0. The van der Waals surface area contributed by atoms with Gasteiger partial charge in [0.1, 0.15) is 4.99 Å². The van der Waals surface area contributed by atoms with Gasteiger partial charge in [-0.1, -0.05) is 12.2 Å². The number of pyridine rings is 1. The smallest absolute Gasteiger partial charge is 0.107 e. The monoisotopic (exact) mass is 224 g/mol. The van der Waals surface area contributed by atoms with Crippen LogP contribution in [-0.4, -0.2) is 29.1 Å². The number of nitrogens with zero attached hydrogens (tertiary/aromatic N) is 2. The molecule has 82 valence electrons. The largest absolute Gasteiger partial charge is 0.389 e. The van der Waals surface area contributed by atoms with E-state index in [1.165, 1.54) is 0 Å². The van der Waals surface area contributed by atoms with E-state index in [0.29, 0.717) is 4.99 Å². The van der Waals surface area contributed by atoms with Crippen LogP contribution in [0.25, 0.3) is 0 Å². The number of aryl methyl sites for hydroxylation is 2. The number of hydrogen-bond donors (Lipinski definition) is 2. The van der Waals surface area contributed by atoms with Crippen LogP contribution in [0.15, 0.2) is 6.07 Å². The molecule has 0 radical (unpaired) electrons. The zero-order valence-corrected chi connectivity index (χ0v) is 10.3. The summed E-state index contributed by atoms with van der Waals surface area (Å²) in [5.41, 5.74) is 12.3. The topological polar surface area (TPSA) is 54.2 Å². The Morgan fingerprint density at radius 1 is 1.47 bits per heavy atom. The predicted molar refractivity (Wildman–Crippen MR) is 66.9 cm³/mol. The van der Waals surface area contributed by atoms with Crippen molar-refractivity contribution in [1.29, 1.82) is 0 Å². The Morgan fingerprint density at radius 3 is 2.53 bits per heavy atom. The predicted octanol–water partition coefficient (Wildman–Crippen LogP) is 1.22. The number of hydrazine groups is 1. The van der Waals surface area contributed by atoms with Gasteiger partial charge in [0.25, 0.3) is 0 Å². The van der Waals surface area contributed by atoms with Crippen LogP contribution in [0, 0.1) is 13.8 Å². The molecule has 15 heavy (non-hydrogen) atoms. The lowest BCUT2D eigenvalue weighted by Crippen LogP contribution is -2.24. The third-order valence-electron chi connectivity index (χ3n) is 1.92. The maximum absolute atomic E-state index is 5.67. The number of nitrogens with one attached hydrogen (secondary N) is 1. The summed E-state index contributed by atoms with van der Waals surface area (Å²) in [7, 11) is 3.82. The summed E-state index contributed by atoms with van der Waals surface area (Å²) in [6, 6.07) is 1.93. The lowest BCUT2D eigenvalue weighted by Gasteiger charge is -2.18. The maximum Gasteiger partial charge on any atom is 0.107 e. The van der Waals surface area contributed by atoms with E-state index in [0.717, 1.165) is 22.6 Å². The first-order chi connectivity index (χ1) is 6.91. The molecule has 0 atom stereocenters. The highest BCUT2D eigenvalue weighted by atomic mass is 32.1. The minimum Gasteiger partial charge on any atom is -0.389 e. The first-order valence-corrected chi connectivity index (χ1v) is 5.04. The van der Waals surface area contributed by atoms with Crippen LogP contribution in [0.4, 0.5) is 5.69 Å². The van der Waals surface area contributed by atoms with Gasteiger partial charge in [0.05, 0.1) is 11.3 Å². The molecule has 4 nitrogen and oxygen atoms in total. The van der Waals surface area contributed by atoms with Crippen LogP contribution in [0.5, 0.6) is 0 Å². The molecule has 1 rings (SSSR count). The van der Waals surface area contributed by atoms with Gasteiger partial charge in [-0.2, -0.15) is 0 Å². The Balaban J connectivity index is 3.27. The van der Waals surface area contributed by atoms with E-state index in [1.54, 1.807) is 0 Å². The van der Waals surface area contributed by atoms with Crippen molar-refractivity contribution in [2.24, 2.45) is 5.73 Å². The number of anilines is 1. The first-order valence-electron chi connectivity index (χ1n) is 4.64. The first kappa shape index (κ1) is 11.9. The van der Waals surface area contributed by atoms with E-state index >= 15 is 0 Å². The van der Waals surface area contributed by atoms with Crippen molar-refractivity contribution < 1.29 is 0 Å². The van der Waals surface area contributed by atoms with Crippen LogP contribution in [-0.2, 0) is 0 Å². The minimum atomic E-state index is 0.365. The van der Waals surface area contributed by atoms with Gasteiger partial charge in [-0.15, -0.1) is 0 Å². The molecule has 5 heteroatoms. The lowest BCUT2D eigenvalue weighted by molar-refractivity contribution is 0.495. The van der Waals surface area contributed by atoms with Crippen molar-refractivity contribution >= 4 is 22.9 Å². The molecule has 0 aliphatic carbocycles. The summed E-state index contributed by atoms with van der Waals surface area (Å²) >= 11 is 5.01. The normalized spacial score (nSPS) is 10.5. The zero-order valence-electron chi connectivity index (χ0n) is 9.46. The molecule has 0 saturated carbocycles. The molecule has 1 aromatic rings. The van der Waals surface area contributed by atoms with Crippen molar-refractivity contribution in [2.75, 3.05) is 19.5 Å². The van der Waals surface area contributed by atoms with Crippen molar-refractivity contribution in [3.63, 3.8) is 0 Å². The number of hydrogen-bond acceptors (Lipinski definition) is 4. The van der Waals surface area contributed by atoms with Crippen LogP contribution in [0.1, 0.15) is 17.0 Å². The standard InChI is InChI=1S/C10H16N4S/c1-6-5-8(13-14(3)4)9(10(11)15)7(2)12-6/h5H,1-4H3,(H2,11,15)(H,12,13).